The number of carboxylic acids is 1. The van der Waals surface area contributed by atoms with E-state index in [1.807, 2.05) is 0 Å². The Morgan fingerprint density at radius 3 is 2.43 bits per heavy atom. The first-order valence-electron chi connectivity index (χ1n) is 3.78. The summed E-state index contributed by atoms with van der Waals surface area (Å²) in [5.41, 5.74) is 6.04. The SMILES string of the molecule is N[C@@H](CC(=O)O)c1c(Cl)cncc1Cl. The second kappa shape index (κ2) is 4.59. The minimum Gasteiger partial charge on any atom is -0.481 e. The highest BCUT2D eigenvalue weighted by molar-refractivity contribution is 6.35. The molecule has 0 amide bonds. The molecule has 0 spiro atoms. The molecule has 0 aliphatic rings. The lowest BCUT2D eigenvalue weighted by Crippen LogP contribution is -2.16. The molecule has 1 aromatic rings. The van der Waals surface area contributed by atoms with E-state index < -0.39 is 12.0 Å². The van der Waals surface area contributed by atoms with Gasteiger partial charge in [-0.15, -0.1) is 0 Å². The number of aromatic nitrogens is 1. The summed E-state index contributed by atoms with van der Waals surface area (Å²) in [6, 6.07) is -0.713. The van der Waals surface area contributed by atoms with Gasteiger partial charge in [-0.2, -0.15) is 0 Å². The molecule has 1 atom stereocenters. The van der Waals surface area contributed by atoms with E-state index in [2.05, 4.69) is 4.98 Å². The Hall–Kier alpha value is -0.840. The van der Waals surface area contributed by atoms with Crippen LogP contribution in [0.4, 0.5) is 0 Å². The van der Waals surface area contributed by atoms with Gasteiger partial charge in [0.2, 0.25) is 0 Å². The van der Waals surface area contributed by atoms with Crippen LogP contribution in [0.5, 0.6) is 0 Å². The molecule has 0 saturated carbocycles. The molecule has 6 heteroatoms. The van der Waals surface area contributed by atoms with E-state index in [4.69, 9.17) is 34.0 Å². The number of hydrogen-bond donors (Lipinski definition) is 2. The zero-order valence-electron chi connectivity index (χ0n) is 7.08. The predicted octanol–water partition coefficient (Wildman–Crippen LogP) is 1.86. The van der Waals surface area contributed by atoms with Crippen molar-refractivity contribution in [1.29, 1.82) is 0 Å². The first-order valence-corrected chi connectivity index (χ1v) is 4.54. The molecule has 1 heterocycles. The third-order valence-electron chi connectivity index (χ3n) is 1.66. The zero-order chi connectivity index (χ0) is 10.7. The van der Waals surface area contributed by atoms with Crippen LogP contribution in [0.1, 0.15) is 18.0 Å². The molecule has 0 aliphatic heterocycles. The normalized spacial score (nSPS) is 12.5. The molecule has 0 fully saturated rings. The number of nitrogens with two attached hydrogens (primary N) is 1. The summed E-state index contributed by atoms with van der Waals surface area (Å²) in [7, 11) is 0. The average Bonchev–Trinajstić information content (AvgIpc) is 2.01. The molecule has 0 unspecified atom stereocenters. The third-order valence-corrected chi connectivity index (χ3v) is 2.26. The van der Waals surface area contributed by atoms with Crippen molar-refractivity contribution in [2.24, 2.45) is 5.73 Å². The topological polar surface area (TPSA) is 76.2 Å². The molecule has 4 nitrogen and oxygen atoms in total. The van der Waals surface area contributed by atoms with Crippen molar-refractivity contribution in [3.8, 4) is 0 Å². The van der Waals surface area contributed by atoms with Crippen LogP contribution in [0.3, 0.4) is 0 Å². The standard InChI is InChI=1S/C8H8Cl2N2O2/c9-4-2-12-3-5(10)8(4)6(11)1-7(13)14/h2-3,6H,1,11H2,(H,13,14)/t6-/m0/s1. The maximum absolute atomic E-state index is 10.4. The van der Waals surface area contributed by atoms with E-state index in [9.17, 15) is 4.79 Å². The Morgan fingerprint density at radius 1 is 1.50 bits per heavy atom. The molecule has 0 aliphatic carbocycles. The molecule has 1 aromatic heterocycles. The minimum absolute atomic E-state index is 0.219. The predicted molar refractivity (Wildman–Crippen MR) is 53.4 cm³/mol. The van der Waals surface area contributed by atoms with Gasteiger partial charge in [-0.1, -0.05) is 23.2 Å². The van der Waals surface area contributed by atoms with Gasteiger partial charge < -0.3 is 10.8 Å². The number of halogens is 2. The summed E-state index contributed by atoms with van der Waals surface area (Å²) in [5.74, 6) is -0.999. The fourth-order valence-electron chi connectivity index (χ4n) is 1.07. The van der Waals surface area contributed by atoms with E-state index >= 15 is 0 Å². The number of carboxylic acid groups (broad SMARTS) is 1. The Morgan fingerprint density at radius 2 is 2.00 bits per heavy atom. The lowest BCUT2D eigenvalue weighted by molar-refractivity contribution is -0.137. The van der Waals surface area contributed by atoms with Gasteiger partial charge in [-0.25, -0.2) is 0 Å². The van der Waals surface area contributed by atoms with Crippen LogP contribution in [0, 0.1) is 0 Å². The molecular formula is C8H8Cl2N2O2. The maximum atomic E-state index is 10.4. The zero-order valence-corrected chi connectivity index (χ0v) is 8.59. The van der Waals surface area contributed by atoms with Gasteiger partial charge in [0.25, 0.3) is 0 Å². The summed E-state index contributed by atoms with van der Waals surface area (Å²) < 4.78 is 0. The van der Waals surface area contributed by atoms with Gasteiger partial charge in [0.15, 0.2) is 0 Å². The van der Waals surface area contributed by atoms with Crippen LogP contribution in [0.25, 0.3) is 0 Å². The summed E-state index contributed by atoms with van der Waals surface area (Å²) in [5, 5.41) is 9.11. The van der Waals surface area contributed by atoms with Gasteiger partial charge in [0.05, 0.1) is 16.5 Å². The lowest BCUT2D eigenvalue weighted by Gasteiger charge is -2.12. The number of pyridine rings is 1. The van der Waals surface area contributed by atoms with Crippen LogP contribution in [0.2, 0.25) is 10.0 Å². The van der Waals surface area contributed by atoms with Crippen molar-refractivity contribution in [3.63, 3.8) is 0 Å². The van der Waals surface area contributed by atoms with Crippen LogP contribution >= 0.6 is 23.2 Å². The highest BCUT2D eigenvalue weighted by Crippen LogP contribution is 2.29. The Bertz CT molecular complexity index is 337. The van der Waals surface area contributed by atoms with Crippen LogP contribution in [0.15, 0.2) is 12.4 Å². The quantitative estimate of drug-likeness (QED) is 0.838. The molecular weight excluding hydrogens is 227 g/mol. The summed E-state index contributed by atoms with van der Waals surface area (Å²) >= 11 is 11.6. The second-order valence-electron chi connectivity index (χ2n) is 2.72. The first-order chi connectivity index (χ1) is 6.52. The summed E-state index contributed by atoms with van der Waals surface area (Å²) in [6.45, 7) is 0. The highest BCUT2D eigenvalue weighted by Gasteiger charge is 2.17. The van der Waals surface area contributed by atoms with E-state index in [1.54, 1.807) is 0 Å². The monoisotopic (exact) mass is 234 g/mol. The fraction of sp³-hybridized carbons (Fsp3) is 0.250. The van der Waals surface area contributed by atoms with Crippen molar-refractivity contribution in [2.75, 3.05) is 0 Å². The largest absolute Gasteiger partial charge is 0.481 e. The van der Waals surface area contributed by atoms with Crippen molar-refractivity contribution < 1.29 is 9.90 Å². The van der Waals surface area contributed by atoms with Crippen LogP contribution in [-0.4, -0.2) is 16.1 Å². The van der Waals surface area contributed by atoms with Gasteiger partial charge in [-0.05, 0) is 0 Å². The van der Waals surface area contributed by atoms with Crippen molar-refractivity contribution >= 4 is 29.2 Å². The Labute approximate surface area is 90.6 Å². The number of rotatable bonds is 3. The van der Waals surface area contributed by atoms with Crippen molar-refractivity contribution in [2.45, 2.75) is 12.5 Å². The average molecular weight is 235 g/mol. The number of hydrogen-bond acceptors (Lipinski definition) is 3. The second-order valence-corrected chi connectivity index (χ2v) is 3.54. The lowest BCUT2D eigenvalue weighted by atomic mass is 10.1. The minimum atomic E-state index is -0.999. The molecule has 0 radical (unpaired) electrons. The van der Waals surface area contributed by atoms with Crippen LogP contribution < -0.4 is 5.73 Å². The Balaban J connectivity index is 2.99. The molecule has 14 heavy (non-hydrogen) atoms. The third kappa shape index (κ3) is 2.57. The van der Waals surface area contributed by atoms with E-state index in [1.165, 1.54) is 12.4 Å². The summed E-state index contributed by atoms with van der Waals surface area (Å²) in [6.07, 6.45) is 2.54. The van der Waals surface area contributed by atoms with Crippen molar-refractivity contribution in [3.05, 3.63) is 28.0 Å². The molecule has 0 saturated heterocycles. The van der Waals surface area contributed by atoms with Crippen molar-refractivity contribution in [1.82, 2.24) is 4.98 Å². The van der Waals surface area contributed by atoms with Gasteiger partial charge in [0, 0.05) is 24.0 Å². The van der Waals surface area contributed by atoms with Gasteiger partial charge >= 0.3 is 5.97 Å². The highest BCUT2D eigenvalue weighted by atomic mass is 35.5. The maximum Gasteiger partial charge on any atom is 0.305 e. The number of carbonyl (C=O) groups is 1. The molecule has 3 N–H and O–H groups in total. The molecule has 0 bridgehead atoms. The number of nitrogens with zero attached hydrogens (tertiary/aromatic N) is 1. The fourth-order valence-corrected chi connectivity index (χ4v) is 1.71. The smallest absolute Gasteiger partial charge is 0.305 e. The molecule has 76 valence electrons. The van der Waals surface area contributed by atoms with Crippen LogP contribution in [-0.2, 0) is 4.79 Å². The Kier molecular flexibility index (Phi) is 3.69. The first kappa shape index (κ1) is 11.2. The van der Waals surface area contributed by atoms with E-state index in [0.29, 0.717) is 5.56 Å². The number of aliphatic carboxylic acids is 1. The van der Waals surface area contributed by atoms with E-state index in [-0.39, 0.29) is 16.5 Å². The van der Waals surface area contributed by atoms with E-state index in [0.717, 1.165) is 0 Å². The molecule has 1 rings (SSSR count). The van der Waals surface area contributed by atoms with Gasteiger partial charge in [-0.3, -0.25) is 9.78 Å². The molecule has 0 aromatic carbocycles. The van der Waals surface area contributed by atoms with Gasteiger partial charge in [0.1, 0.15) is 0 Å². The summed E-state index contributed by atoms with van der Waals surface area (Å²) in [4.78, 5) is 14.2.